The van der Waals surface area contributed by atoms with Gasteiger partial charge in [-0.3, -0.25) is 4.68 Å². The first-order valence-corrected chi connectivity index (χ1v) is 7.81. The molecule has 124 valence electrons. The normalized spacial score (nSPS) is 10.8. The molecule has 2 heterocycles. The van der Waals surface area contributed by atoms with Crippen molar-refractivity contribution in [3.8, 4) is 28.4 Å². The van der Waals surface area contributed by atoms with Crippen LogP contribution in [0.4, 0.5) is 0 Å². The van der Waals surface area contributed by atoms with E-state index >= 15 is 0 Å². The fraction of sp³-hybridized carbons (Fsp3) is 0.278. The Morgan fingerprint density at radius 3 is 2.50 bits per heavy atom. The summed E-state index contributed by atoms with van der Waals surface area (Å²) in [5.41, 5.74) is 3.79. The maximum absolute atomic E-state index is 5.07. The van der Waals surface area contributed by atoms with E-state index in [0.29, 0.717) is 5.88 Å². The van der Waals surface area contributed by atoms with Gasteiger partial charge >= 0.3 is 0 Å². The molecule has 0 saturated carbocycles. The van der Waals surface area contributed by atoms with E-state index in [1.165, 1.54) is 0 Å². The fourth-order valence-electron chi connectivity index (χ4n) is 2.43. The van der Waals surface area contributed by atoms with Crippen LogP contribution in [-0.4, -0.2) is 40.8 Å². The third kappa shape index (κ3) is 3.78. The van der Waals surface area contributed by atoms with E-state index in [1.54, 1.807) is 20.3 Å². The monoisotopic (exact) mass is 324 g/mol. The first-order valence-electron chi connectivity index (χ1n) is 7.81. The second-order valence-corrected chi connectivity index (χ2v) is 5.35. The molecule has 0 fully saturated rings. The van der Waals surface area contributed by atoms with E-state index in [1.807, 2.05) is 41.2 Å². The van der Waals surface area contributed by atoms with Crippen LogP contribution in [0.15, 0.2) is 48.7 Å². The smallest absolute Gasteiger partial charge is 0.233 e. The molecule has 6 heteroatoms. The summed E-state index contributed by atoms with van der Waals surface area (Å²) in [6.45, 7) is 1.58. The lowest BCUT2D eigenvalue weighted by atomic mass is 10.1. The van der Waals surface area contributed by atoms with Crippen LogP contribution in [0.1, 0.15) is 6.42 Å². The van der Waals surface area contributed by atoms with Gasteiger partial charge in [0.15, 0.2) is 0 Å². The van der Waals surface area contributed by atoms with Crippen LogP contribution < -0.4 is 4.74 Å². The molecule has 0 bridgehead atoms. The lowest BCUT2D eigenvalue weighted by Crippen LogP contribution is -2.01. The standard InChI is InChI=1S/C18H20N4O2/c1-23-12-4-10-22-11-9-17(21-22)15-6-3-5-14(13-15)16-7-8-18(24-2)20-19-16/h3,5-9,11,13H,4,10,12H2,1-2H3. The van der Waals surface area contributed by atoms with Gasteiger partial charge in [-0.1, -0.05) is 18.2 Å². The van der Waals surface area contributed by atoms with Crippen molar-refractivity contribution in [2.75, 3.05) is 20.8 Å². The van der Waals surface area contributed by atoms with Crippen LogP contribution >= 0.6 is 0 Å². The molecule has 24 heavy (non-hydrogen) atoms. The maximum atomic E-state index is 5.07. The van der Waals surface area contributed by atoms with Gasteiger partial charge in [-0.15, -0.1) is 10.2 Å². The highest BCUT2D eigenvalue weighted by Gasteiger charge is 2.06. The van der Waals surface area contributed by atoms with E-state index in [9.17, 15) is 0 Å². The Labute approximate surface area is 141 Å². The molecule has 2 aromatic heterocycles. The van der Waals surface area contributed by atoms with Gasteiger partial charge in [0.1, 0.15) is 0 Å². The van der Waals surface area contributed by atoms with Gasteiger partial charge in [-0.05, 0) is 24.6 Å². The van der Waals surface area contributed by atoms with Gasteiger partial charge in [0, 0.05) is 43.7 Å². The molecule has 0 aliphatic heterocycles. The zero-order valence-corrected chi connectivity index (χ0v) is 13.8. The number of nitrogens with zero attached hydrogens (tertiary/aromatic N) is 4. The molecule has 1 aromatic carbocycles. The molecular weight excluding hydrogens is 304 g/mol. The van der Waals surface area contributed by atoms with Crippen LogP contribution in [0.25, 0.3) is 22.5 Å². The van der Waals surface area contributed by atoms with E-state index in [-0.39, 0.29) is 0 Å². The molecule has 0 unspecified atom stereocenters. The topological polar surface area (TPSA) is 62.1 Å². The van der Waals surface area contributed by atoms with Gasteiger partial charge in [-0.25, -0.2) is 0 Å². The maximum Gasteiger partial charge on any atom is 0.233 e. The lowest BCUT2D eigenvalue weighted by Gasteiger charge is -2.04. The molecule has 0 aliphatic carbocycles. The van der Waals surface area contributed by atoms with Gasteiger partial charge < -0.3 is 9.47 Å². The minimum Gasteiger partial charge on any atom is -0.480 e. The highest BCUT2D eigenvalue weighted by Crippen LogP contribution is 2.24. The fourth-order valence-corrected chi connectivity index (χ4v) is 2.43. The molecule has 6 nitrogen and oxygen atoms in total. The zero-order chi connectivity index (χ0) is 16.8. The number of benzene rings is 1. The Morgan fingerprint density at radius 2 is 1.79 bits per heavy atom. The van der Waals surface area contributed by atoms with Crippen LogP contribution in [0, 0.1) is 0 Å². The van der Waals surface area contributed by atoms with Gasteiger partial charge in [-0.2, -0.15) is 5.10 Å². The Hall–Kier alpha value is -2.73. The molecule has 3 aromatic rings. The number of rotatable bonds is 7. The minimum absolute atomic E-state index is 0.504. The summed E-state index contributed by atoms with van der Waals surface area (Å²) in [5, 5.41) is 12.8. The summed E-state index contributed by atoms with van der Waals surface area (Å²) in [6.07, 6.45) is 2.93. The first kappa shape index (κ1) is 16.1. The van der Waals surface area contributed by atoms with Crippen LogP contribution in [0.5, 0.6) is 5.88 Å². The second kappa shape index (κ2) is 7.70. The molecule has 3 rings (SSSR count). The average Bonchev–Trinajstić information content (AvgIpc) is 3.11. The first-order chi connectivity index (χ1) is 11.8. The van der Waals surface area contributed by atoms with E-state index in [4.69, 9.17) is 9.47 Å². The predicted octanol–water partition coefficient (Wildman–Crippen LogP) is 3.05. The van der Waals surface area contributed by atoms with E-state index < -0.39 is 0 Å². The molecule has 0 saturated heterocycles. The molecule has 0 atom stereocenters. The summed E-state index contributed by atoms with van der Waals surface area (Å²) in [4.78, 5) is 0. The van der Waals surface area contributed by atoms with E-state index in [2.05, 4.69) is 21.4 Å². The summed E-state index contributed by atoms with van der Waals surface area (Å²) in [6, 6.07) is 13.8. The number of hydrogen-bond acceptors (Lipinski definition) is 5. The highest BCUT2D eigenvalue weighted by atomic mass is 16.5. The third-order valence-corrected chi connectivity index (χ3v) is 3.68. The third-order valence-electron chi connectivity index (χ3n) is 3.68. The van der Waals surface area contributed by atoms with E-state index in [0.717, 1.165) is 42.1 Å². The summed E-state index contributed by atoms with van der Waals surface area (Å²) in [5.74, 6) is 0.504. The van der Waals surface area contributed by atoms with Crippen molar-refractivity contribution in [2.24, 2.45) is 0 Å². The molecule has 0 spiro atoms. The average molecular weight is 324 g/mol. The van der Waals surface area contributed by atoms with Crippen molar-refractivity contribution in [1.82, 2.24) is 20.0 Å². The Kier molecular flexibility index (Phi) is 5.18. The van der Waals surface area contributed by atoms with Crippen molar-refractivity contribution in [1.29, 1.82) is 0 Å². The minimum atomic E-state index is 0.504. The second-order valence-electron chi connectivity index (χ2n) is 5.35. The van der Waals surface area contributed by atoms with Crippen LogP contribution in [0.3, 0.4) is 0 Å². The van der Waals surface area contributed by atoms with Crippen molar-refractivity contribution in [2.45, 2.75) is 13.0 Å². The predicted molar refractivity (Wildman–Crippen MR) is 91.7 cm³/mol. The SMILES string of the molecule is COCCCn1ccc(-c2cccc(-c3ccc(OC)nn3)c2)n1. The van der Waals surface area contributed by atoms with Crippen molar-refractivity contribution in [3.05, 3.63) is 48.7 Å². The molecule has 0 amide bonds. The quantitative estimate of drug-likeness (QED) is 0.625. The van der Waals surface area contributed by atoms with Crippen LogP contribution in [-0.2, 0) is 11.3 Å². The number of methoxy groups -OCH3 is 2. The number of aromatic nitrogens is 4. The highest BCUT2D eigenvalue weighted by molar-refractivity contribution is 5.69. The van der Waals surface area contributed by atoms with Gasteiger partial charge in [0.2, 0.25) is 5.88 Å². The Bertz CT molecular complexity index is 784. The number of hydrogen-bond donors (Lipinski definition) is 0. The van der Waals surface area contributed by atoms with Crippen molar-refractivity contribution in [3.63, 3.8) is 0 Å². The Balaban J connectivity index is 1.79. The number of aryl methyl sites for hydroxylation is 1. The van der Waals surface area contributed by atoms with Crippen molar-refractivity contribution < 1.29 is 9.47 Å². The molecular formula is C18H20N4O2. The summed E-state index contributed by atoms with van der Waals surface area (Å²) in [7, 11) is 3.29. The van der Waals surface area contributed by atoms with Gasteiger partial charge in [0.25, 0.3) is 0 Å². The summed E-state index contributed by atoms with van der Waals surface area (Å²) >= 11 is 0. The zero-order valence-electron chi connectivity index (χ0n) is 13.8. The molecule has 0 N–H and O–H groups in total. The van der Waals surface area contributed by atoms with Crippen LogP contribution in [0.2, 0.25) is 0 Å². The molecule has 0 radical (unpaired) electrons. The number of ether oxygens (including phenoxy) is 2. The Morgan fingerprint density at radius 1 is 0.958 bits per heavy atom. The van der Waals surface area contributed by atoms with Gasteiger partial charge in [0.05, 0.1) is 18.5 Å². The van der Waals surface area contributed by atoms with Crippen molar-refractivity contribution >= 4 is 0 Å². The molecule has 0 aliphatic rings. The largest absolute Gasteiger partial charge is 0.480 e. The summed E-state index contributed by atoms with van der Waals surface area (Å²) < 4.78 is 12.1. The lowest BCUT2D eigenvalue weighted by molar-refractivity contribution is 0.189.